The number of allylic oxidation sites excluding steroid dienone is 2. The highest BCUT2D eigenvalue weighted by Crippen LogP contribution is 2.10. The number of hydrogen-bond acceptors (Lipinski definition) is 2. The monoisotopic (exact) mass is 225 g/mol. The smallest absolute Gasteiger partial charge is 0.410 e. The lowest BCUT2D eigenvalue weighted by Crippen LogP contribution is -2.34. The topological polar surface area (TPSA) is 29.5 Å². The molecule has 1 amide bonds. The molecule has 0 aliphatic heterocycles. The van der Waals surface area contributed by atoms with Gasteiger partial charge in [-0.1, -0.05) is 24.3 Å². The highest BCUT2D eigenvalue weighted by molar-refractivity contribution is 5.67. The number of amides is 1. The quantitative estimate of drug-likeness (QED) is 0.686. The van der Waals surface area contributed by atoms with Gasteiger partial charge in [0.25, 0.3) is 0 Å². The molecular weight excluding hydrogens is 202 g/mol. The minimum atomic E-state index is -0.439. The van der Waals surface area contributed by atoms with E-state index >= 15 is 0 Å². The van der Waals surface area contributed by atoms with Gasteiger partial charge in [-0.05, 0) is 34.1 Å². The molecule has 0 saturated heterocycles. The van der Waals surface area contributed by atoms with Crippen LogP contribution in [-0.2, 0) is 4.74 Å². The molecular formula is C13H23NO2. The van der Waals surface area contributed by atoms with Gasteiger partial charge in [-0.15, -0.1) is 0 Å². The minimum Gasteiger partial charge on any atom is -0.444 e. The van der Waals surface area contributed by atoms with E-state index in [0.29, 0.717) is 6.54 Å². The molecule has 92 valence electrons. The molecule has 0 rings (SSSR count). The first-order valence-corrected chi connectivity index (χ1v) is 5.51. The molecule has 0 fully saturated rings. The Hall–Kier alpha value is -1.25. The molecule has 3 heteroatoms. The number of hydrogen-bond donors (Lipinski definition) is 0. The molecule has 3 nitrogen and oxygen atoms in total. The lowest BCUT2D eigenvalue weighted by atomic mass is 10.2. The Morgan fingerprint density at radius 3 is 2.44 bits per heavy atom. The van der Waals surface area contributed by atoms with Crippen molar-refractivity contribution in [3.05, 3.63) is 24.3 Å². The zero-order valence-electron chi connectivity index (χ0n) is 11.0. The fourth-order valence-corrected chi connectivity index (χ4v) is 1.06. The molecule has 0 N–H and O–H groups in total. The summed E-state index contributed by atoms with van der Waals surface area (Å²) < 4.78 is 5.23. The van der Waals surface area contributed by atoms with Gasteiger partial charge in [0.2, 0.25) is 0 Å². The zero-order valence-corrected chi connectivity index (χ0v) is 11.0. The second-order valence-electron chi connectivity index (χ2n) is 4.81. The van der Waals surface area contributed by atoms with Crippen molar-refractivity contribution in [1.29, 1.82) is 0 Å². The van der Waals surface area contributed by atoms with Crippen molar-refractivity contribution in [2.45, 2.75) is 39.7 Å². The third-order valence-corrected chi connectivity index (χ3v) is 1.88. The van der Waals surface area contributed by atoms with E-state index in [0.717, 1.165) is 12.0 Å². The van der Waals surface area contributed by atoms with Gasteiger partial charge in [-0.2, -0.15) is 0 Å². The molecule has 0 aliphatic rings. The van der Waals surface area contributed by atoms with Crippen molar-refractivity contribution in [3.8, 4) is 0 Å². The molecule has 0 unspecified atom stereocenters. The number of nitrogens with zero attached hydrogens (tertiary/aromatic N) is 1. The number of ether oxygens (including phenoxy) is 1. The van der Waals surface area contributed by atoms with Gasteiger partial charge >= 0.3 is 6.09 Å². The fraction of sp³-hybridized carbons (Fsp3) is 0.615. The van der Waals surface area contributed by atoms with Crippen molar-refractivity contribution in [1.82, 2.24) is 4.90 Å². The molecule has 0 spiro atoms. The van der Waals surface area contributed by atoms with E-state index in [1.807, 2.05) is 39.8 Å². The molecule has 0 aromatic carbocycles. The average molecular weight is 225 g/mol. The maximum absolute atomic E-state index is 11.6. The van der Waals surface area contributed by atoms with Crippen LogP contribution in [0.25, 0.3) is 0 Å². The zero-order chi connectivity index (χ0) is 12.8. The Morgan fingerprint density at radius 2 is 2.00 bits per heavy atom. The van der Waals surface area contributed by atoms with E-state index in [1.165, 1.54) is 0 Å². The van der Waals surface area contributed by atoms with Gasteiger partial charge in [0.05, 0.1) is 0 Å². The molecule has 0 aromatic rings. The first-order chi connectivity index (χ1) is 7.26. The van der Waals surface area contributed by atoms with Crippen molar-refractivity contribution in [3.63, 3.8) is 0 Å². The summed E-state index contributed by atoms with van der Waals surface area (Å²) in [7, 11) is 1.73. The van der Waals surface area contributed by atoms with Crippen LogP contribution in [0, 0.1) is 0 Å². The molecule has 0 bridgehead atoms. The SMILES string of the molecule is C=C(C=CC)CCN(C)C(=O)OC(C)(C)C. The normalized spacial score (nSPS) is 11.6. The van der Waals surface area contributed by atoms with Gasteiger partial charge in [-0.25, -0.2) is 4.79 Å². The van der Waals surface area contributed by atoms with E-state index in [9.17, 15) is 4.79 Å². The van der Waals surface area contributed by atoms with E-state index < -0.39 is 5.60 Å². The predicted octanol–water partition coefficient (Wildman–Crippen LogP) is 3.38. The van der Waals surface area contributed by atoms with E-state index in [1.54, 1.807) is 11.9 Å². The third-order valence-electron chi connectivity index (χ3n) is 1.88. The van der Waals surface area contributed by atoms with E-state index in [2.05, 4.69) is 6.58 Å². The van der Waals surface area contributed by atoms with Gasteiger partial charge in [-0.3, -0.25) is 0 Å². The first-order valence-electron chi connectivity index (χ1n) is 5.51. The van der Waals surface area contributed by atoms with Crippen molar-refractivity contribution in [2.75, 3.05) is 13.6 Å². The van der Waals surface area contributed by atoms with Crippen molar-refractivity contribution >= 4 is 6.09 Å². The summed E-state index contributed by atoms with van der Waals surface area (Å²) in [6, 6.07) is 0. The highest BCUT2D eigenvalue weighted by Gasteiger charge is 2.19. The fourth-order valence-electron chi connectivity index (χ4n) is 1.06. The van der Waals surface area contributed by atoms with Crippen LogP contribution in [0.5, 0.6) is 0 Å². The Balaban J connectivity index is 4.02. The molecule has 0 aliphatic carbocycles. The second-order valence-corrected chi connectivity index (χ2v) is 4.81. The summed E-state index contributed by atoms with van der Waals surface area (Å²) in [6.45, 7) is 12.0. The van der Waals surface area contributed by atoms with Gasteiger partial charge < -0.3 is 9.64 Å². The van der Waals surface area contributed by atoms with Gasteiger partial charge in [0, 0.05) is 13.6 Å². The number of carbonyl (C=O) groups excluding carboxylic acids is 1. The lowest BCUT2D eigenvalue weighted by Gasteiger charge is -2.24. The third kappa shape index (κ3) is 7.10. The highest BCUT2D eigenvalue weighted by atomic mass is 16.6. The maximum Gasteiger partial charge on any atom is 0.410 e. The molecule has 0 aromatic heterocycles. The van der Waals surface area contributed by atoms with Gasteiger partial charge in [0.15, 0.2) is 0 Å². The molecule has 0 heterocycles. The van der Waals surface area contributed by atoms with Crippen molar-refractivity contribution < 1.29 is 9.53 Å². The number of rotatable bonds is 4. The Kier molecular flexibility index (Phi) is 5.86. The van der Waals surface area contributed by atoms with Gasteiger partial charge in [0.1, 0.15) is 5.60 Å². The van der Waals surface area contributed by atoms with Crippen LogP contribution in [0.3, 0.4) is 0 Å². The lowest BCUT2D eigenvalue weighted by molar-refractivity contribution is 0.0301. The Bertz CT molecular complexity index is 274. The van der Waals surface area contributed by atoms with Crippen LogP contribution < -0.4 is 0 Å². The number of carbonyl (C=O) groups is 1. The standard InChI is InChI=1S/C13H23NO2/c1-7-8-11(2)9-10-14(6)12(15)16-13(3,4)5/h7-8H,2,9-10H2,1,3-6H3. The molecule has 0 atom stereocenters. The summed E-state index contributed by atoms with van der Waals surface area (Å²) in [6.07, 6.45) is 4.36. The van der Waals surface area contributed by atoms with Crippen LogP contribution in [0.2, 0.25) is 0 Å². The van der Waals surface area contributed by atoms with E-state index in [-0.39, 0.29) is 6.09 Å². The van der Waals surface area contributed by atoms with Crippen molar-refractivity contribution in [2.24, 2.45) is 0 Å². The second kappa shape index (κ2) is 6.36. The first kappa shape index (κ1) is 14.8. The Labute approximate surface area is 98.8 Å². The molecule has 0 saturated carbocycles. The summed E-state index contributed by atoms with van der Waals surface area (Å²) >= 11 is 0. The summed E-state index contributed by atoms with van der Waals surface area (Å²) in [5, 5.41) is 0. The Morgan fingerprint density at radius 1 is 1.44 bits per heavy atom. The van der Waals surface area contributed by atoms with Crippen LogP contribution in [-0.4, -0.2) is 30.2 Å². The average Bonchev–Trinajstić information content (AvgIpc) is 2.11. The minimum absolute atomic E-state index is 0.291. The van der Waals surface area contributed by atoms with Crippen LogP contribution in [0.1, 0.15) is 34.1 Å². The molecule has 0 radical (unpaired) electrons. The van der Waals surface area contributed by atoms with E-state index in [4.69, 9.17) is 4.74 Å². The predicted molar refractivity (Wildman–Crippen MR) is 67.4 cm³/mol. The summed E-state index contributed by atoms with van der Waals surface area (Å²) in [5.74, 6) is 0. The summed E-state index contributed by atoms with van der Waals surface area (Å²) in [4.78, 5) is 13.2. The maximum atomic E-state index is 11.6. The van der Waals surface area contributed by atoms with Crippen LogP contribution >= 0.6 is 0 Å². The van der Waals surface area contributed by atoms with Crippen LogP contribution in [0.4, 0.5) is 4.79 Å². The summed E-state index contributed by atoms with van der Waals surface area (Å²) in [5.41, 5.74) is 0.573. The molecule has 16 heavy (non-hydrogen) atoms. The largest absolute Gasteiger partial charge is 0.444 e. The van der Waals surface area contributed by atoms with Crippen LogP contribution in [0.15, 0.2) is 24.3 Å².